The van der Waals surface area contributed by atoms with E-state index in [1.165, 1.54) is 12.1 Å². The number of carbonyl (C=O) groups excluding carboxylic acids is 1. The quantitative estimate of drug-likeness (QED) is 0.792. The van der Waals surface area contributed by atoms with Crippen LogP contribution < -0.4 is 10.1 Å². The minimum absolute atomic E-state index is 0.0306. The highest BCUT2D eigenvalue weighted by molar-refractivity contribution is 5.94. The van der Waals surface area contributed by atoms with E-state index in [0.717, 1.165) is 24.4 Å². The van der Waals surface area contributed by atoms with E-state index in [9.17, 15) is 9.18 Å². The van der Waals surface area contributed by atoms with Crippen LogP contribution in [0.3, 0.4) is 0 Å². The number of amides is 1. The molecule has 0 spiro atoms. The van der Waals surface area contributed by atoms with Crippen molar-refractivity contribution in [2.75, 3.05) is 32.8 Å². The van der Waals surface area contributed by atoms with Crippen LogP contribution in [0.5, 0.6) is 5.75 Å². The second kappa shape index (κ2) is 9.66. The first kappa shape index (κ1) is 20.3. The monoisotopic (exact) mass is 386 g/mol. The largest absolute Gasteiger partial charge is 0.491 e. The van der Waals surface area contributed by atoms with Crippen molar-refractivity contribution in [3.8, 4) is 5.75 Å². The van der Waals surface area contributed by atoms with Gasteiger partial charge in [0.15, 0.2) is 0 Å². The fourth-order valence-electron chi connectivity index (χ4n) is 3.28. The first-order valence-corrected chi connectivity index (χ1v) is 9.65. The van der Waals surface area contributed by atoms with Gasteiger partial charge in [-0.2, -0.15) is 0 Å². The smallest absolute Gasteiger partial charge is 0.251 e. The Morgan fingerprint density at radius 2 is 1.75 bits per heavy atom. The molecule has 1 saturated heterocycles. The zero-order chi connectivity index (χ0) is 19.9. The van der Waals surface area contributed by atoms with Crippen LogP contribution >= 0.6 is 0 Å². The molecule has 3 rings (SSSR count). The lowest BCUT2D eigenvalue weighted by atomic mass is 10.0. The molecule has 1 aliphatic heterocycles. The van der Waals surface area contributed by atoms with Gasteiger partial charge in [-0.3, -0.25) is 9.69 Å². The number of nitrogens with zero attached hydrogens (tertiary/aromatic N) is 1. The highest BCUT2D eigenvalue weighted by atomic mass is 19.1. The maximum absolute atomic E-state index is 13.3. The Hall–Kier alpha value is -2.44. The number of hydrogen-bond acceptors (Lipinski definition) is 4. The van der Waals surface area contributed by atoms with Crippen LogP contribution in [-0.4, -0.2) is 49.8 Å². The van der Waals surface area contributed by atoms with E-state index in [0.29, 0.717) is 25.3 Å². The lowest BCUT2D eigenvalue weighted by Crippen LogP contribution is -2.43. The maximum Gasteiger partial charge on any atom is 0.251 e. The molecule has 0 aromatic heterocycles. The van der Waals surface area contributed by atoms with Gasteiger partial charge in [0.25, 0.3) is 5.91 Å². The molecule has 1 atom stereocenters. The normalized spacial score (nSPS) is 16.0. The summed E-state index contributed by atoms with van der Waals surface area (Å²) in [5.74, 6) is 0.331. The number of benzene rings is 2. The molecule has 1 unspecified atom stereocenters. The average molecular weight is 386 g/mol. The van der Waals surface area contributed by atoms with Crippen molar-refractivity contribution in [2.45, 2.75) is 26.0 Å². The van der Waals surface area contributed by atoms with Gasteiger partial charge < -0.3 is 14.8 Å². The second-order valence-electron chi connectivity index (χ2n) is 7.12. The van der Waals surface area contributed by atoms with Gasteiger partial charge >= 0.3 is 0 Å². The number of halogens is 1. The summed E-state index contributed by atoms with van der Waals surface area (Å²) in [5, 5.41) is 3.01. The third-order valence-electron chi connectivity index (χ3n) is 4.69. The van der Waals surface area contributed by atoms with Crippen LogP contribution in [0.2, 0.25) is 0 Å². The van der Waals surface area contributed by atoms with Crippen LogP contribution in [-0.2, 0) is 4.74 Å². The molecule has 6 heteroatoms. The van der Waals surface area contributed by atoms with Crippen molar-refractivity contribution in [3.05, 3.63) is 65.5 Å². The van der Waals surface area contributed by atoms with Gasteiger partial charge in [-0.15, -0.1) is 0 Å². The molecule has 0 aliphatic carbocycles. The standard InChI is InChI=1S/C22H27FN2O3/c1-16(2)28-20-9-5-18(6-10-20)22(26)24-15-21(25-11-13-27-14-12-25)17-3-7-19(23)8-4-17/h3-10,16,21H,11-15H2,1-2H3,(H,24,26). The summed E-state index contributed by atoms with van der Waals surface area (Å²) in [6.45, 7) is 7.22. The maximum atomic E-state index is 13.3. The molecule has 5 nitrogen and oxygen atoms in total. The van der Waals surface area contributed by atoms with Gasteiger partial charge in [-0.1, -0.05) is 12.1 Å². The zero-order valence-corrected chi connectivity index (χ0v) is 16.4. The van der Waals surface area contributed by atoms with Crippen LogP contribution in [0.25, 0.3) is 0 Å². The lowest BCUT2D eigenvalue weighted by molar-refractivity contribution is 0.0162. The number of morpholine rings is 1. The summed E-state index contributed by atoms with van der Waals surface area (Å²) in [6, 6.07) is 13.6. The van der Waals surface area contributed by atoms with Crippen LogP contribution in [0, 0.1) is 5.82 Å². The van der Waals surface area contributed by atoms with Crippen molar-refractivity contribution in [2.24, 2.45) is 0 Å². The highest BCUT2D eigenvalue weighted by Crippen LogP contribution is 2.22. The summed E-state index contributed by atoms with van der Waals surface area (Å²) in [7, 11) is 0. The molecular weight excluding hydrogens is 359 g/mol. The third kappa shape index (κ3) is 5.53. The van der Waals surface area contributed by atoms with Gasteiger partial charge in [0, 0.05) is 25.2 Å². The second-order valence-corrected chi connectivity index (χ2v) is 7.12. The first-order valence-electron chi connectivity index (χ1n) is 9.65. The van der Waals surface area contributed by atoms with E-state index in [1.807, 2.05) is 13.8 Å². The van der Waals surface area contributed by atoms with Crippen molar-refractivity contribution < 1.29 is 18.7 Å². The Morgan fingerprint density at radius 1 is 1.11 bits per heavy atom. The van der Waals surface area contributed by atoms with Crippen molar-refractivity contribution in [3.63, 3.8) is 0 Å². The minimum Gasteiger partial charge on any atom is -0.491 e. The summed E-state index contributed by atoms with van der Waals surface area (Å²) in [4.78, 5) is 14.9. The van der Waals surface area contributed by atoms with E-state index in [-0.39, 0.29) is 23.9 Å². The predicted octanol–water partition coefficient (Wildman–Crippen LogP) is 3.42. The van der Waals surface area contributed by atoms with Crippen LogP contribution in [0.4, 0.5) is 4.39 Å². The molecule has 0 saturated carbocycles. The number of carbonyl (C=O) groups is 1. The van der Waals surface area contributed by atoms with Gasteiger partial charge in [0.1, 0.15) is 11.6 Å². The molecule has 2 aromatic carbocycles. The van der Waals surface area contributed by atoms with Gasteiger partial charge in [-0.25, -0.2) is 4.39 Å². The van der Waals surface area contributed by atoms with Crippen LogP contribution in [0.15, 0.2) is 48.5 Å². The minimum atomic E-state index is -0.266. The Morgan fingerprint density at radius 3 is 2.36 bits per heavy atom. The molecule has 1 heterocycles. The molecule has 1 amide bonds. The van der Waals surface area contributed by atoms with E-state index in [4.69, 9.17) is 9.47 Å². The van der Waals surface area contributed by atoms with Gasteiger partial charge in [0.05, 0.1) is 25.4 Å². The zero-order valence-electron chi connectivity index (χ0n) is 16.4. The van der Waals surface area contributed by atoms with Crippen molar-refractivity contribution >= 4 is 5.91 Å². The number of rotatable bonds is 7. The summed E-state index contributed by atoms with van der Waals surface area (Å²) in [6.07, 6.45) is 0.0877. The number of ether oxygens (including phenoxy) is 2. The molecule has 0 bridgehead atoms. The Kier molecular flexibility index (Phi) is 7.01. The number of hydrogen-bond donors (Lipinski definition) is 1. The molecule has 1 aliphatic rings. The number of nitrogens with one attached hydrogen (secondary N) is 1. The Labute approximate surface area is 165 Å². The van der Waals surface area contributed by atoms with E-state index in [2.05, 4.69) is 10.2 Å². The fraction of sp³-hybridized carbons (Fsp3) is 0.409. The molecule has 150 valence electrons. The summed E-state index contributed by atoms with van der Waals surface area (Å²) >= 11 is 0. The summed E-state index contributed by atoms with van der Waals surface area (Å²) in [5.41, 5.74) is 1.56. The molecule has 28 heavy (non-hydrogen) atoms. The van der Waals surface area contributed by atoms with E-state index in [1.54, 1.807) is 36.4 Å². The van der Waals surface area contributed by atoms with Crippen molar-refractivity contribution in [1.82, 2.24) is 10.2 Å². The van der Waals surface area contributed by atoms with Gasteiger partial charge in [0.2, 0.25) is 0 Å². The highest BCUT2D eigenvalue weighted by Gasteiger charge is 2.23. The van der Waals surface area contributed by atoms with Gasteiger partial charge in [-0.05, 0) is 55.8 Å². The Balaban J connectivity index is 1.66. The SMILES string of the molecule is CC(C)Oc1ccc(C(=O)NCC(c2ccc(F)cc2)N2CCOCC2)cc1. The fourth-order valence-corrected chi connectivity index (χ4v) is 3.28. The average Bonchev–Trinajstić information content (AvgIpc) is 2.70. The predicted molar refractivity (Wildman–Crippen MR) is 106 cm³/mol. The Bertz CT molecular complexity index is 756. The van der Waals surface area contributed by atoms with E-state index < -0.39 is 0 Å². The summed E-state index contributed by atoms with van der Waals surface area (Å²) < 4.78 is 24.4. The lowest BCUT2D eigenvalue weighted by Gasteiger charge is -2.35. The molecule has 0 radical (unpaired) electrons. The molecule has 2 aromatic rings. The van der Waals surface area contributed by atoms with Crippen molar-refractivity contribution in [1.29, 1.82) is 0 Å². The van der Waals surface area contributed by atoms with Crippen LogP contribution in [0.1, 0.15) is 35.8 Å². The molecule has 1 N–H and O–H groups in total. The third-order valence-corrected chi connectivity index (χ3v) is 4.69. The topological polar surface area (TPSA) is 50.8 Å². The molecular formula is C22H27FN2O3. The first-order chi connectivity index (χ1) is 13.5. The van der Waals surface area contributed by atoms with E-state index >= 15 is 0 Å². The molecule has 1 fully saturated rings.